The van der Waals surface area contributed by atoms with Gasteiger partial charge in [-0.2, -0.15) is 8.78 Å². The lowest BCUT2D eigenvalue weighted by Gasteiger charge is -2.23. The Labute approximate surface area is 86.0 Å². The quantitative estimate of drug-likeness (QED) is 0.727. The summed E-state index contributed by atoms with van der Waals surface area (Å²) in [6.45, 7) is 0.556. The molecule has 0 aromatic carbocycles. The first kappa shape index (κ1) is 12.7. The van der Waals surface area contributed by atoms with E-state index in [0.717, 1.165) is 19.4 Å². The molecule has 1 aliphatic rings. The minimum absolute atomic E-state index is 0.120. The largest absolute Gasteiger partial charge is 0.375 e. The molecular formula is C9H15F4NO. The van der Waals surface area contributed by atoms with Crippen LogP contribution in [-0.4, -0.2) is 38.7 Å². The van der Waals surface area contributed by atoms with Crippen LogP contribution in [0.1, 0.15) is 12.8 Å². The van der Waals surface area contributed by atoms with Crippen molar-refractivity contribution in [3.63, 3.8) is 0 Å². The van der Waals surface area contributed by atoms with Gasteiger partial charge in [0, 0.05) is 6.54 Å². The number of ether oxygens (including phenoxy) is 1. The van der Waals surface area contributed by atoms with Gasteiger partial charge in [0.15, 0.2) is 0 Å². The molecule has 1 saturated heterocycles. The summed E-state index contributed by atoms with van der Waals surface area (Å²) in [5.41, 5.74) is 0. The maximum atomic E-state index is 12.4. The van der Waals surface area contributed by atoms with Gasteiger partial charge in [-0.15, -0.1) is 0 Å². The molecule has 0 aliphatic carbocycles. The molecule has 1 atom stereocenters. The zero-order chi connectivity index (χ0) is 11.3. The van der Waals surface area contributed by atoms with E-state index in [0.29, 0.717) is 6.54 Å². The van der Waals surface area contributed by atoms with Crippen molar-refractivity contribution < 1.29 is 22.3 Å². The van der Waals surface area contributed by atoms with Crippen LogP contribution in [0, 0.1) is 5.92 Å². The van der Waals surface area contributed by atoms with Crippen LogP contribution in [0.5, 0.6) is 0 Å². The molecule has 0 aromatic rings. The van der Waals surface area contributed by atoms with E-state index in [-0.39, 0.29) is 12.5 Å². The van der Waals surface area contributed by atoms with E-state index in [1.807, 2.05) is 0 Å². The summed E-state index contributed by atoms with van der Waals surface area (Å²) in [5, 5.41) is 3.09. The van der Waals surface area contributed by atoms with Crippen LogP contribution < -0.4 is 5.32 Å². The Morgan fingerprint density at radius 1 is 1.40 bits per heavy atom. The molecule has 0 spiro atoms. The third-order valence-electron chi connectivity index (χ3n) is 2.37. The molecule has 1 N–H and O–H groups in total. The molecule has 90 valence electrons. The van der Waals surface area contributed by atoms with Gasteiger partial charge in [-0.3, -0.25) is 0 Å². The first-order chi connectivity index (χ1) is 7.02. The highest BCUT2D eigenvalue weighted by molar-refractivity contribution is 4.71. The Kier molecular flexibility index (Phi) is 4.79. The predicted molar refractivity (Wildman–Crippen MR) is 47.4 cm³/mol. The molecule has 1 aliphatic heterocycles. The van der Waals surface area contributed by atoms with Crippen molar-refractivity contribution in [2.24, 2.45) is 5.92 Å². The second-order valence-corrected chi connectivity index (χ2v) is 3.79. The van der Waals surface area contributed by atoms with Crippen LogP contribution in [0.15, 0.2) is 0 Å². The summed E-state index contributed by atoms with van der Waals surface area (Å²) in [5.74, 6) is -3.87. The zero-order valence-electron chi connectivity index (χ0n) is 8.32. The van der Waals surface area contributed by atoms with Crippen molar-refractivity contribution in [3.8, 4) is 0 Å². The minimum Gasteiger partial charge on any atom is -0.375 e. The Morgan fingerprint density at radius 2 is 2.13 bits per heavy atom. The fraction of sp³-hybridized carbons (Fsp3) is 1.00. The lowest BCUT2D eigenvalue weighted by molar-refractivity contribution is -0.168. The summed E-state index contributed by atoms with van der Waals surface area (Å²) < 4.78 is 52.9. The summed E-state index contributed by atoms with van der Waals surface area (Å²) in [6.07, 6.45) is -1.78. The molecule has 1 fully saturated rings. The Bertz CT molecular complexity index is 183. The highest BCUT2D eigenvalue weighted by atomic mass is 19.3. The molecule has 0 radical (unpaired) electrons. The van der Waals surface area contributed by atoms with Crippen molar-refractivity contribution >= 4 is 0 Å². The first-order valence-electron chi connectivity index (χ1n) is 4.97. The van der Waals surface area contributed by atoms with Crippen molar-refractivity contribution in [2.75, 3.05) is 26.3 Å². The van der Waals surface area contributed by atoms with E-state index in [9.17, 15) is 17.6 Å². The second-order valence-electron chi connectivity index (χ2n) is 3.79. The van der Waals surface area contributed by atoms with Crippen LogP contribution >= 0.6 is 0 Å². The Balaban J connectivity index is 2.14. The highest BCUT2D eigenvalue weighted by Gasteiger charge is 2.41. The molecule has 0 aromatic heterocycles. The van der Waals surface area contributed by atoms with Gasteiger partial charge in [0.1, 0.15) is 6.61 Å². The van der Waals surface area contributed by atoms with Gasteiger partial charge in [0.05, 0.1) is 6.61 Å². The fourth-order valence-corrected chi connectivity index (χ4v) is 1.49. The maximum Gasteiger partial charge on any atom is 0.330 e. The Morgan fingerprint density at radius 3 is 2.67 bits per heavy atom. The van der Waals surface area contributed by atoms with Gasteiger partial charge in [-0.25, -0.2) is 8.78 Å². The SMILES string of the molecule is FC(F)C(F)(F)COCC1CCCNC1. The number of nitrogens with one attached hydrogen (secondary N) is 1. The van der Waals surface area contributed by atoms with Gasteiger partial charge in [0.2, 0.25) is 0 Å². The van der Waals surface area contributed by atoms with E-state index in [4.69, 9.17) is 0 Å². The van der Waals surface area contributed by atoms with Crippen molar-refractivity contribution in [2.45, 2.75) is 25.2 Å². The van der Waals surface area contributed by atoms with Gasteiger partial charge < -0.3 is 10.1 Å². The molecule has 6 heteroatoms. The molecular weight excluding hydrogens is 214 g/mol. The molecule has 1 rings (SSSR count). The van der Waals surface area contributed by atoms with Crippen LogP contribution in [0.25, 0.3) is 0 Å². The van der Waals surface area contributed by atoms with Gasteiger partial charge in [0.25, 0.3) is 0 Å². The lowest BCUT2D eigenvalue weighted by Crippen LogP contribution is -2.36. The number of alkyl halides is 4. The average molecular weight is 229 g/mol. The topological polar surface area (TPSA) is 21.3 Å². The normalized spacial score (nSPS) is 23.4. The van der Waals surface area contributed by atoms with E-state index >= 15 is 0 Å². The van der Waals surface area contributed by atoms with Crippen LogP contribution in [-0.2, 0) is 4.74 Å². The number of hydrogen-bond donors (Lipinski definition) is 1. The van der Waals surface area contributed by atoms with E-state index < -0.39 is 19.0 Å². The smallest absolute Gasteiger partial charge is 0.330 e. The summed E-state index contributed by atoms with van der Waals surface area (Å²) in [4.78, 5) is 0. The second kappa shape index (κ2) is 5.65. The summed E-state index contributed by atoms with van der Waals surface area (Å²) in [7, 11) is 0. The van der Waals surface area contributed by atoms with Gasteiger partial charge in [-0.05, 0) is 25.3 Å². The monoisotopic (exact) mass is 229 g/mol. The number of halogens is 4. The molecule has 2 nitrogen and oxygen atoms in total. The number of piperidine rings is 1. The number of rotatable bonds is 5. The summed E-state index contributed by atoms with van der Waals surface area (Å²) >= 11 is 0. The van der Waals surface area contributed by atoms with E-state index in [1.54, 1.807) is 0 Å². The van der Waals surface area contributed by atoms with E-state index in [1.165, 1.54) is 0 Å². The van der Waals surface area contributed by atoms with Crippen LogP contribution in [0.3, 0.4) is 0 Å². The van der Waals surface area contributed by atoms with Crippen LogP contribution in [0.4, 0.5) is 17.6 Å². The third kappa shape index (κ3) is 4.34. The molecule has 0 bridgehead atoms. The first-order valence-corrected chi connectivity index (χ1v) is 4.97. The van der Waals surface area contributed by atoms with Crippen molar-refractivity contribution in [3.05, 3.63) is 0 Å². The van der Waals surface area contributed by atoms with Crippen molar-refractivity contribution in [1.29, 1.82) is 0 Å². The average Bonchev–Trinajstić information content (AvgIpc) is 2.19. The van der Waals surface area contributed by atoms with Crippen LogP contribution in [0.2, 0.25) is 0 Å². The number of hydrogen-bond acceptors (Lipinski definition) is 2. The van der Waals surface area contributed by atoms with Gasteiger partial charge >= 0.3 is 12.3 Å². The standard InChI is InChI=1S/C9H15F4NO/c10-8(11)9(12,13)6-15-5-7-2-1-3-14-4-7/h7-8,14H,1-6H2. The lowest BCUT2D eigenvalue weighted by atomic mass is 10.0. The summed E-state index contributed by atoms with van der Waals surface area (Å²) in [6, 6.07) is 0. The molecule has 0 amide bonds. The predicted octanol–water partition coefficient (Wildman–Crippen LogP) is 1.90. The van der Waals surface area contributed by atoms with Crippen molar-refractivity contribution in [1.82, 2.24) is 5.32 Å². The van der Waals surface area contributed by atoms with Gasteiger partial charge in [-0.1, -0.05) is 0 Å². The maximum absolute atomic E-state index is 12.4. The Hall–Kier alpha value is -0.360. The highest BCUT2D eigenvalue weighted by Crippen LogP contribution is 2.23. The molecule has 15 heavy (non-hydrogen) atoms. The fourth-order valence-electron chi connectivity index (χ4n) is 1.49. The minimum atomic E-state index is -4.03. The molecule has 1 heterocycles. The third-order valence-corrected chi connectivity index (χ3v) is 2.37. The molecule has 0 saturated carbocycles. The zero-order valence-corrected chi connectivity index (χ0v) is 8.32. The van der Waals surface area contributed by atoms with E-state index in [2.05, 4.69) is 10.1 Å². The molecule has 1 unspecified atom stereocenters.